The van der Waals surface area contributed by atoms with Gasteiger partial charge in [0, 0.05) is 38.4 Å². The standard InChI is InChI=1S/C15H25N3O/c1-4-14(19)13-5-6-15(16-11-13)18-9-7-17(8-10-18)12(2)3/h5-6,11-12,14,19H,4,7-10H2,1-3H3. The highest BCUT2D eigenvalue weighted by molar-refractivity contribution is 5.40. The number of pyridine rings is 1. The molecule has 19 heavy (non-hydrogen) atoms. The van der Waals surface area contributed by atoms with Crippen molar-refractivity contribution in [3.8, 4) is 0 Å². The van der Waals surface area contributed by atoms with Crippen LogP contribution >= 0.6 is 0 Å². The fourth-order valence-corrected chi connectivity index (χ4v) is 2.48. The lowest BCUT2D eigenvalue weighted by molar-refractivity contribution is 0.173. The van der Waals surface area contributed by atoms with Gasteiger partial charge in [0.2, 0.25) is 0 Å². The molecule has 0 amide bonds. The number of hydrogen-bond acceptors (Lipinski definition) is 4. The highest BCUT2D eigenvalue weighted by atomic mass is 16.3. The zero-order chi connectivity index (χ0) is 13.8. The number of piperazine rings is 1. The second-order valence-corrected chi connectivity index (χ2v) is 5.49. The van der Waals surface area contributed by atoms with Crippen molar-refractivity contribution in [1.82, 2.24) is 9.88 Å². The van der Waals surface area contributed by atoms with Crippen molar-refractivity contribution in [3.05, 3.63) is 23.9 Å². The summed E-state index contributed by atoms with van der Waals surface area (Å²) in [6.45, 7) is 10.7. The minimum Gasteiger partial charge on any atom is -0.388 e. The van der Waals surface area contributed by atoms with Crippen molar-refractivity contribution in [2.75, 3.05) is 31.1 Å². The van der Waals surface area contributed by atoms with Crippen molar-refractivity contribution in [2.24, 2.45) is 0 Å². The highest BCUT2D eigenvalue weighted by Crippen LogP contribution is 2.19. The van der Waals surface area contributed by atoms with Crippen molar-refractivity contribution in [3.63, 3.8) is 0 Å². The molecule has 106 valence electrons. The first-order chi connectivity index (χ1) is 9.11. The van der Waals surface area contributed by atoms with Crippen LogP contribution in [0.5, 0.6) is 0 Å². The zero-order valence-electron chi connectivity index (χ0n) is 12.2. The molecule has 4 nitrogen and oxygen atoms in total. The minimum absolute atomic E-state index is 0.390. The molecule has 0 radical (unpaired) electrons. The third-order valence-corrected chi connectivity index (χ3v) is 3.91. The normalized spacial score (nSPS) is 18.9. The highest BCUT2D eigenvalue weighted by Gasteiger charge is 2.19. The first-order valence-electron chi connectivity index (χ1n) is 7.24. The van der Waals surface area contributed by atoms with Crippen LogP contribution in [0.25, 0.3) is 0 Å². The Bertz CT molecular complexity index is 383. The molecular weight excluding hydrogens is 238 g/mol. The molecule has 1 aliphatic rings. The van der Waals surface area contributed by atoms with Crippen LogP contribution in [0.3, 0.4) is 0 Å². The van der Waals surface area contributed by atoms with Crippen molar-refractivity contribution >= 4 is 5.82 Å². The van der Waals surface area contributed by atoms with E-state index in [4.69, 9.17) is 0 Å². The average molecular weight is 263 g/mol. The van der Waals surface area contributed by atoms with E-state index in [1.807, 2.05) is 19.1 Å². The van der Waals surface area contributed by atoms with E-state index in [2.05, 4.69) is 28.6 Å². The Labute approximate surface area is 116 Å². The zero-order valence-corrected chi connectivity index (χ0v) is 12.2. The van der Waals surface area contributed by atoms with E-state index in [0.717, 1.165) is 44.0 Å². The van der Waals surface area contributed by atoms with Gasteiger partial charge in [-0.15, -0.1) is 0 Å². The van der Waals surface area contributed by atoms with E-state index >= 15 is 0 Å². The molecule has 1 saturated heterocycles. The Morgan fingerprint density at radius 2 is 1.89 bits per heavy atom. The lowest BCUT2D eigenvalue weighted by Gasteiger charge is -2.37. The van der Waals surface area contributed by atoms with Gasteiger partial charge in [-0.2, -0.15) is 0 Å². The van der Waals surface area contributed by atoms with Gasteiger partial charge in [0.25, 0.3) is 0 Å². The first-order valence-corrected chi connectivity index (χ1v) is 7.24. The number of hydrogen-bond donors (Lipinski definition) is 1. The minimum atomic E-state index is -0.390. The maximum atomic E-state index is 9.77. The quantitative estimate of drug-likeness (QED) is 0.902. The molecule has 1 aromatic heterocycles. The molecule has 0 saturated carbocycles. The predicted octanol–water partition coefficient (Wildman–Crippen LogP) is 2.06. The van der Waals surface area contributed by atoms with Gasteiger partial charge in [0.05, 0.1) is 6.10 Å². The summed E-state index contributed by atoms with van der Waals surface area (Å²) in [5.74, 6) is 1.02. The Morgan fingerprint density at radius 3 is 2.37 bits per heavy atom. The van der Waals surface area contributed by atoms with E-state index < -0.39 is 0 Å². The molecule has 0 aromatic carbocycles. The third kappa shape index (κ3) is 3.45. The molecule has 2 heterocycles. The van der Waals surface area contributed by atoms with Crippen LogP contribution in [0.1, 0.15) is 38.9 Å². The maximum Gasteiger partial charge on any atom is 0.128 e. The summed E-state index contributed by atoms with van der Waals surface area (Å²) in [4.78, 5) is 9.30. The number of nitrogens with zero attached hydrogens (tertiary/aromatic N) is 3. The van der Waals surface area contributed by atoms with E-state index in [1.165, 1.54) is 0 Å². The summed E-state index contributed by atoms with van der Waals surface area (Å²) >= 11 is 0. The topological polar surface area (TPSA) is 39.6 Å². The van der Waals surface area contributed by atoms with Gasteiger partial charge in [0.15, 0.2) is 0 Å². The van der Waals surface area contributed by atoms with E-state index in [0.29, 0.717) is 6.04 Å². The number of anilines is 1. The predicted molar refractivity (Wildman–Crippen MR) is 78.4 cm³/mol. The molecule has 2 rings (SSSR count). The van der Waals surface area contributed by atoms with Crippen LogP contribution < -0.4 is 4.90 Å². The summed E-state index contributed by atoms with van der Waals surface area (Å²) in [7, 11) is 0. The van der Waals surface area contributed by atoms with E-state index in [1.54, 1.807) is 6.20 Å². The van der Waals surface area contributed by atoms with Gasteiger partial charge in [-0.25, -0.2) is 4.98 Å². The van der Waals surface area contributed by atoms with Crippen molar-refractivity contribution in [1.29, 1.82) is 0 Å². The third-order valence-electron chi connectivity index (χ3n) is 3.91. The smallest absolute Gasteiger partial charge is 0.128 e. The summed E-state index contributed by atoms with van der Waals surface area (Å²) in [5.41, 5.74) is 0.909. The fourth-order valence-electron chi connectivity index (χ4n) is 2.48. The number of rotatable bonds is 4. The molecule has 1 atom stereocenters. The van der Waals surface area contributed by atoms with Crippen molar-refractivity contribution < 1.29 is 5.11 Å². The number of aromatic nitrogens is 1. The molecule has 1 aromatic rings. The van der Waals surface area contributed by atoms with Crippen molar-refractivity contribution in [2.45, 2.75) is 39.3 Å². The molecular formula is C15H25N3O. The molecule has 0 spiro atoms. The summed E-state index contributed by atoms with van der Waals surface area (Å²) in [5, 5.41) is 9.77. The number of aliphatic hydroxyl groups excluding tert-OH is 1. The second kappa shape index (κ2) is 6.35. The Morgan fingerprint density at radius 1 is 1.21 bits per heavy atom. The molecule has 0 bridgehead atoms. The molecule has 1 fully saturated rings. The molecule has 4 heteroatoms. The largest absolute Gasteiger partial charge is 0.388 e. The second-order valence-electron chi connectivity index (χ2n) is 5.49. The van der Waals surface area contributed by atoms with Gasteiger partial charge < -0.3 is 10.0 Å². The van der Waals surface area contributed by atoms with Crippen LogP contribution in [0.2, 0.25) is 0 Å². The SMILES string of the molecule is CCC(O)c1ccc(N2CCN(C(C)C)CC2)nc1. The van der Waals surface area contributed by atoms with Gasteiger partial charge in [-0.3, -0.25) is 4.90 Å². The van der Waals surface area contributed by atoms with E-state index in [-0.39, 0.29) is 6.10 Å². The van der Waals surface area contributed by atoms with Crippen LogP contribution in [0.4, 0.5) is 5.82 Å². The van der Waals surface area contributed by atoms with Gasteiger partial charge in [0.1, 0.15) is 5.82 Å². The fraction of sp³-hybridized carbons (Fsp3) is 0.667. The van der Waals surface area contributed by atoms with Gasteiger partial charge >= 0.3 is 0 Å². The molecule has 1 aliphatic heterocycles. The molecule has 1 N–H and O–H groups in total. The lowest BCUT2D eigenvalue weighted by atomic mass is 10.1. The maximum absolute atomic E-state index is 9.77. The number of aliphatic hydroxyl groups is 1. The monoisotopic (exact) mass is 263 g/mol. The first kappa shape index (κ1) is 14.3. The molecule has 1 unspecified atom stereocenters. The van der Waals surface area contributed by atoms with E-state index in [9.17, 15) is 5.11 Å². The Hall–Kier alpha value is -1.13. The summed E-state index contributed by atoms with van der Waals surface area (Å²) in [6, 6.07) is 4.64. The van der Waals surface area contributed by atoms with Crippen LogP contribution in [-0.4, -0.2) is 47.2 Å². The average Bonchev–Trinajstić information content (AvgIpc) is 2.46. The van der Waals surface area contributed by atoms with Crippen LogP contribution in [-0.2, 0) is 0 Å². The molecule has 0 aliphatic carbocycles. The Balaban J connectivity index is 1.96. The van der Waals surface area contributed by atoms with Gasteiger partial charge in [-0.1, -0.05) is 13.0 Å². The summed E-state index contributed by atoms with van der Waals surface area (Å²) < 4.78 is 0. The lowest BCUT2D eigenvalue weighted by Crippen LogP contribution is -2.49. The van der Waals surface area contributed by atoms with Gasteiger partial charge in [-0.05, 0) is 31.9 Å². The van der Waals surface area contributed by atoms with Crippen LogP contribution in [0.15, 0.2) is 18.3 Å². The summed E-state index contributed by atoms with van der Waals surface area (Å²) in [6.07, 6.45) is 2.14. The van der Waals surface area contributed by atoms with Crippen LogP contribution in [0, 0.1) is 0 Å². The Kier molecular flexibility index (Phi) is 4.77.